The SMILES string of the molecule is COCCc1cccc(CC(O)CC[C@H]2CCC(=O)N2CCCCCCC(=O)O)c1. The minimum Gasteiger partial charge on any atom is -0.481 e. The number of benzene rings is 1. The molecule has 0 aliphatic carbocycles. The van der Waals surface area contributed by atoms with Crippen molar-refractivity contribution >= 4 is 11.9 Å². The quantitative estimate of drug-likeness (QED) is 0.424. The highest BCUT2D eigenvalue weighted by Gasteiger charge is 2.30. The van der Waals surface area contributed by atoms with E-state index in [9.17, 15) is 14.7 Å². The van der Waals surface area contributed by atoms with E-state index in [1.165, 1.54) is 5.56 Å². The largest absolute Gasteiger partial charge is 0.481 e. The number of aliphatic carboxylic acids is 1. The second-order valence-corrected chi connectivity index (χ2v) is 8.34. The number of carboxylic acids is 1. The summed E-state index contributed by atoms with van der Waals surface area (Å²) in [5, 5.41) is 19.2. The van der Waals surface area contributed by atoms with Gasteiger partial charge >= 0.3 is 5.97 Å². The number of carbonyl (C=O) groups is 2. The fourth-order valence-corrected chi connectivity index (χ4v) is 4.20. The second kappa shape index (κ2) is 13.4. The van der Waals surface area contributed by atoms with Gasteiger partial charge in [0, 0.05) is 32.5 Å². The summed E-state index contributed by atoms with van der Waals surface area (Å²) in [6.45, 7) is 1.44. The van der Waals surface area contributed by atoms with Crippen LogP contribution < -0.4 is 0 Å². The average Bonchev–Trinajstić information content (AvgIpc) is 3.07. The molecule has 0 saturated carbocycles. The van der Waals surface area contributed by atoms with E-state index in [4.69, 9.17) is 9.84 Å². The lowest BCUT2D eigenvalue weighted by molar-refractivity contribution is -0.137. The molecule has 6 nitrogen and oxygen atoms in total. The Kier molecular flexibility index (Phi) is 10.9. The molecule has 0 bridgehead atoms. The number of likely N-dealkylation sites (tertiary alicyclic amines) is 1. The molecule has 2 N–H and O–H groups in total. The smallest absolute Gasteiger partial charge is 0.303 e. The first-order valence-electron chi connectivity index (χ1n) is 11.3. The number of amides is 1. The first-order chi connectivity index (χ1) is 14.5. The zero-order chi connectivity index (χ0) is 21.8. The Morgan fingerprint density at radius 1 is 1.23 bits per heavy atom. The molecule has 1 amide bonds. The van der Waals surface area contributed by atoms with Gasteiger partial charge in [-0.3, -0.25) is 9.59 Å². The van der Waals surface area contributed by atoms with Crippen molar-refractivity contribution in [2.45, 2.75) is 82.8 Å². The number of unbranched alkanes of at least 4 members (excludes halogenated alkanes) is 3. The number of carboxylic acid groups (broad SMARTS) is 1. The van der Waals surface area contributed by atoms with Crippen molar-refractivity contribution in [2.75, 3.05) is 20.3 Å². The third-order valence-electron chi connectivity index (χ3n) is 5.88. The second-order valence-electron chi connectivity index (χ2n) is 8.34. The molecule has 6 heteroatoms. The van der Waals surface area contributed by atoms with Gasteiger partial charge in [0.2, 0.25) is 5.91 Å². The Morgan fingerprint density at radius 3 is 2.77 bits per heavy atom. The van der Waals surface area contributed by atoms with Crippen LogP contribution in [0.25, 0.3) is 0 Å². The molecule has 30 heavy (non-hydrogen) atoms. The molecular weight excluding hydrogens is 382 g/mol. The van der Waals surface area contributed by atoms with Crippen molar-refractivity contribution < 1.29 is 24.5 Å². The number of hydrogen-bond acceptors (Lipinski definition) is 4. The first kappa shape index (κ1) is 24.4. The van der Waals surface area contributed by atoms with Crippen LogP contribution in [0.4, 0.5) is 0 Å². The van der Waals surface area contributed by atoms with E-state index in [2.05, 4.69) is 18.2 Å². The Labute approximate surface area is 180 Å². The maximum atomic E-state index is 12.2. The molecule has 0 aromatic heterocycles. The van der Waals surface area contributed by atoms with Crippen molar-refractivity contribution in [3.63, 3.8) is 0 Å². The van der Waals surface area contributed by atoms with E-state index in [0.717, 1.165) is 50.6 Å². The van der Waals surface area contributed by atoms with Gasteiger partial charge in [-0.25, -0.2) is 0 Å². The van der Waals surface area contributed by atoms with Crippen LogP contribution in [-0.2, 0) is 27.2 Å². The topological polar surface area (TPSA) is 87.1 Å². The number of nitrogens with zero attached hydrogens (tertiary/aromatic N) is 1. The summed E-state index contributed by atoms with van der Waals surface area (Å²) in [4.78, 5) is 24.8. The van der Waals surface area contributed by atoms with Crippen molar-refractivity contribution in [2.24, 2.45) is 0 Å². The van der Waals surface area contributed by atoms with Crippen LogP contribution in [0.2, 0.25) is 0 Å². The zero-order valence-corrected chi connectivity index (χ0v) is 18.2. The normalized spacial score (nSPS) is 17.5. The zero-order valence-electron chi connectivity index (χ0n) is 18.2. The van der Waals surface area contributed by atoms with Crippen LogP contribution in [0.3, 0.4) is 0 Å². The third kappa shape index (κ3) is 8.84. The fraction of sp³-hybridized carbons (Fsp3) is 0.667. The molecule has 1 fully saturated rings. The highest BCUT2D eigenvalue weighted by molar-refractivity contribution is 5.78. The van der Waals surface area contributed by atoms with Crippen molar-refractivity contribution in [3.05, 3.63) is 35.4 Å². The lowest BCUT2D eigenvalue weighted by atomic mass is 9.99. The van der Waals surface area contributed by atoms with E-state index in [-0.39, 0.29) is 18.4 Å². The van der Waals surface area contributed by atoms with Crippen molar-refractivity contribution in [3.8, 4) is 0 Å². The summed E-state index contributed by atoms with van der Waals surface area (Å²) < 4.78 is 5.13. The number of methoxy groups -OCH3 is 1. The minimum absolute atomic E-state index is 0.214. The maximum Gasteiger partial charge on any atom is 0.303 e. The highest BCUT2D eigenvalue weighted by Crippen LogP contribution is 2.24. The van der Waals surface area contributed by atoms with Crippen molar-refractivity contribution in [1.29, 1.82) is 0 Å². The molecule has 1 aliphatic heterocycles. The molecule has 0 radical (unpaired) electrons. The highest BCUT2D eigenvalue weighted by atomic mass is 16.5. The van der Waals surface area contributed by atoms with Gasteiger partial charge in [-0.15, -0.1) is 0 Å². The van der Waals surface area contributed by atoms with E-state index < -0.39 is 12.1 Å². The lowest BCUT2D eigenvalue weighted by Crippen LogP contribution is -2.34. The van der Waals surface area contributed by atoms with Gasteiger partial charge < -0.3 is 19.8 Å². The van der Waals surface area contributed by atoms with Crippen LogP contribution in [-0.4, -0.2) is 59.4 Å². The Morgan fingerprint density at radius 2 is 2.00 bits per heavy atom. The van der Waals surface area contributed by atoms with Crippen LogP contribution in [0.5, 0.6) is 0 Å². The average molecular weight is 420 g/mol. The summed E-state index contributed by atoms with van der Waals surface area (Å²) in [6, 6.07) is 8.52. The van der Waals surface area contributed by atoms with Crippen LogP contribution >= 0.6 is 0 Å². The summed E-state index contributed by atoms with van der Waals surface area (Å²) >= 11 is 0. The summed E-state index contributed by atoms with van der Waals surface area (Å²) in [7, 11) is 1.70. The molecule has 168 valence electrons. The van der Waals surface area contributed by atoms with Gasteiger partial charge in [0.1, 0.15) is 0 Å². The molecule has 1 heterocycles. The molecule has 1 unspecified atom stereocenters. The first-order valence-corrected chi connectivity index (χ1v) is 11.3. The van der Waals surface area contributed by atoms with Gasteiger partial charge in [-0.2, -0.15) is 0 Å². The van der Waals surface area contributed by atoms with Gasteiger partial charge in [0.15, 0.2) is 0 Å². The van der Waals surface area contributed by atoms with E-state index in [1.54, 1.807) is 7.11 Å². The Balaban J connectivity index is 1.71. The van der Waals surface area contributed by atoms with Gasteiger partial charge in [0.25, 0.3) is 0 Å². The van der Waals surface area contributed by atoms with Crippen molar-refractivity contribution in [1.82, 2.24) is 4.90 Å². The number of hydrogen-bond donors (Lipinski definition) is 2. The summed E-state index contributed by atoms with van der Waals surface area (Å²) in [5.41, 5.74) is 2.36. The number of ether oxygens (including phenoxy) is 1. The molecule has 2 atom stereocenters. The van der Waals surface area contributed by atoms with Crippen LogP contribution in [0, 0.1) is 0 Å². The number of aliphatic hydroxyl groups is 1. The molecule has 1 aliphatic rings. The summed E-state index contributed by atoms with van der Waals surface area (Å²) in [6.07, 6.45) is 7.76. The predicted molar refractivity (Wildman–Crippen MR) is 116 cm³/mol. The Bertz CT molecular complexity index is 663. The van der Waals surface area contributed by atoms with E-state index in [1.807, 2.05) is 11.0 Å². The molecule has 2 rings (SSSR count). The summed E-state index contributed by atoms with van der Waals surface area (Å²) in [5.74, 6) is -0.532. The van der Waals surface area contributed by atoms with Crippen LogP contribution in [0.1, 0.15) is 68.9 Å². The molecule has 0 spiro atoms. The fourth-order valence-electron chi connectivity index (χ4n) is 4.20. The number of rotatable bonds is 15. The van der Waals surface area contributed by atoms with E-state index >= 15 is 0 Å². The van der Waals surface area contributed by atoms with Crippen LogP contribution in [0.15, 0.2) is 24.3 Å². The predicted octanol–water partition coefficient (Wildman–Crippen LogP) is 3.59. The Hall–Kier alpha value is -1.92. The van der Waals surface area contributed by atoms with Gasteiger partial charge in [0.05, 0.1) is 12.7 Å². The number of carbonyl (C=O) groups excluding carboxylic acids is 1. The molecule has 1 saturated heterocycles. The molecule has 1 aromatic carbocycles. The van der Waals surface area contributed by atoms with Gasteiger partial charge in [-0.05, 0) is 56.1 Å². The maximum absolute atomic E-state index is 12.2. The molecule has 1 aromatic rings. The number of aliphatic hydroxyl groups excluding tert-OH is 1. The standard InChI is InChI=1S/C24H37NO5/c1-30-16-14-19-7-6-8-20(17-19)18-22(26)12-10-21-11-13-23(27)25(21)15-5-3-2-4-9-24(28)29/h6-8,17,21-22,26H,2-5,9-16,18H2,1H3,(H,28,29)/t21-,22?/m0/s1. The van der Waals surface area contributed by atoms with E-state index in [0.29, 0.717) is 32.3 Å². The molecular formula is C24H37NO5. The monoisotopic (exact) mass is 419 g/mol. The lowest BCUT2D eigenvalue weighted by Gasteiger charge is -2.26. The third-order valence-corrected chi connectivity index (χ3v) is 5.88. The minimum atomic E-state index is -0.745. The van der Waals surface area contributed by atoms with Gasteiger partial charge in [-0.1, -0.05) is 37.1 Å².